The van der Waals surface area contributed by atoms with Crippen LogP contribution >= 0.6 is 24.0 Å². The van der Waals surface area contributed by atoms with Gasteiger partial charge < -0.3 is 11.1 Å². The minimum Gasteiger partial charge on any atom is -0.370 e. The van der Waals surface area contributed by atoms with Crippen LogP contribution in [0.25, 0.3) is 0 Å². The quantitative estimate of drug-likeness (QED) is 0.448. The number of benzene rings is 1. The molecule has 0 aliphatic heterocycles. The highest BCUT2D eigenvalue weighted by molar-refractivity contribution is 14.0. The third-order valence-corrected chi connectivity index (χ3v) is 4.04. The van der Waals surface area contributed by atoms with E-state index in [-0.39, 0.29) is 35.2 Å². The second-order valence-electron chi connectivity index (χ2n) is 6.24. The minimum atomic E-state index is -0.367. The molecule has 1 fully saturated rings. The molecule has 0 saturated heterocycles. The number of halogens is 2. The number of rotatable bonds is 5. The summed E-state index contributed by atoms with van der Waals surface area (Å²) < 4.78 is 13.8. The number of nitrogens with two attached hydrogens (primary N) is 1. The van der Waals surface area contributed by atoms with Crippen molar-refractivity contribution in [2.75, 3.05) is 13.1 Å². The fourth-order valence-corrected chi connectivity index (χ4v) is 2.38. The maximum absolute atomic E-state index is 13.8. The molecule has 1 aromatic rings. The Labute approximate surface area is 143 Å². The van der Waals surface area contributed by atoms with E-state index in [9.17, 15) is 4.39 Å². The van der Waals surface area contributed by atoms with E-state index in [4.69, 9.17) is 5.73 Å². The average Bonchev–Trinajstić information content (AvgIpc) is 2.35. The largest absolute Gasteiger partial charge is 0.370 e. The van der Waals surface area contributed by atoms with Gasteiger partial charge in [0.2, 0.25) is 0 Å². The SMILES string of the molecule is CC(C)(CN=C(N)NCC1CCC1)c1ccccc1F.I. The molecule has 118 valence electrons. The molecule has 0 spiro atoms. The Morgan fingerprint density at radius 1 is 1.38 bits per heavy atom. The van der Waals surface area contributed by atoms with E-state index >= 15 is 0 Å². The van der Waals surface area contributed by atoms with E-state index in [1.165, 1.54) is 25.3 Å². The topological polar surface area (TPSA) is 50.4 Å². The molecule has 0 atom stereocenters. The van der Waals surface area contributed by atoms with Gasteiger partial charge in [0.15, 0.2) is 5.96 Å². The first-order chi connectivity index (χ1) is 9.49. The summed E-state index contributed by atoms with van der Waals surface area (Å²) in [6.45, 7) is 5.33. The van der Waals surface area contributed by atoms with Gasteiger partial charge in [0.1, 0.15) is 5.82 Å². The lowest BCUT2D eigenvalue weighted by Gasteiger charge is -2.26. The molecule has 0 radical (unpaired) electrons. The third-order valence-electron chi connectivity index (χ3n) is 4.04. The average molecular weight is 405 g/mol. The second-order valence-corrected chi connectivity index (χ2v) is 6.24. The number of nitrogens with one attached hydrogen (secondary N) is 1. The normalized spacial score (nSPS) is 16.0. The van der Waals surface area contributed by atoms with Gasteiger partial charge >= 0.3 is 0 Å². The van der Waals surface area contributed by atoms with E-state index in [1.807, 2.05) is 26.0 Å². The second kappa shape index (κ2) is 7.96. The number of aliphatic imine (C=N–C) groups is 1. The number of nitrogens with zero attached hydrogens (tertiary/aromatic N) is 1. The number of hydrogen-bond donors (Lipinski definition) is 2. The standard InChI is InChI=1S/C16H24FN3.HI/c1-16(2,13-8-3-4-9-14(13)17)11-20-15(18)19-10-12-6-5-7-12;/h3-4,8-9,12H,5-7,10-11H2,1-2H3,(H3,18,19,20);1H. The van der Waals surface area contributed by atoms with E-state index in [0.717, 1.165) is 12.5 Å². The Bertz CT molecular complexity index is 484. The Morgan fingerprint density at radius 2 is 2.05 bits per heavy atom. The van der Waals surface area contributed by atoms with Gasteiger partial charge in [0.25, 0.3) is 0 Å². The highest BCUT2D eigenvalue weighted by atomic mass is 127. The van der Waals surface area contributed by atoms with E-state index in [1.54, 1.807) is 6.07 Å². The molecule has 0 unspecified atom stereocenters. The summed E-state index contributed by atoms with van der Waals surface area (Å²) in [5.41, 5.74) is 6.18. The van der Waals surface area contributed by atoms with Crippen LogP contribution in [0.3, 0.4) is 0 Å². The maximum atomic E-state index is 13.8. The van der Waals surface area contributed by atoms with Gasteiger partial charge in [-0.3, -0.25) is 4.99 Å². The predicted molar refractivity (Wildman–Crippen MR) is 96.7 cm³/mol. The lowest BCUT2D eigenvalue weighted by Crippen LogP contribution is -2.38. The summed E-state index contributed by atoms with van der Waals surface area (Å²) in [6.07, 6.45) is 3.88. The zero-order valence-electron chi connectivity index (χ0n) is 12.7. The van der Waals surface area contributed by atoms with E-state index in [0.29, 0.717) is 18.1 Å². The first kappa shape index (κ1) is 18.2. The van der Waals surface area contributed by atoms with Crippen LogP contribution in [0.1, 0.15) is 38.7 Å². The van der Waals surface area contributed by atoms with Gasteiger partial charge in [-0.15, -0.1) is 24.0 Å². The van der Waals surface area contributed by atoms with Crippen molar-refractivity contribution in [3.05, 3.63) is 35.6 Å². The van der Waals surface area contributed by atoms with Gasteiger partial charge in [-0.1, -0.05) is 38.5 Å². The van der Waals surface area contributed by atoms with Crippen molar-refractivity contribution in [2.45, 2.75) is 38.5 Å². The summed E-state index contributed by atoms with van der Waals surface area (Å²) in [5, 5.41) is 3.16. The molecule has 1 aliphatic rings. The molecule has 21 heavy (non-hydrogen) atoms. The molecule has 0 heterocycles. The summed E-state index contributed by atoms with van der Waals surface area (Å²) >= 11 is 0. The summed E-state index contributed by atoms with van der Waals surface area (Å²) in [7, 11) is 0. The Balaban J connectivity index is 0.00000220. The van der Waals surface area contributed by atoms with Gasteiger partial charge in [0, 0.05) is 12.0 Å². The molecular weight excluding hydrogens is 380 g/mol. The molecule has 5 heteroatoms. The molecule has 1 aromatic carbocycles. The zero-order valence-corrected chi connectivity index (χ0v) is 15.1. The molecule has 2 rings (SSSR count). The van der Waals surface area contributed by atoms with Crippen molar-refractivity contribution in [3.8, 4) is 0 Å². The molecule has 0 bridgehead atoms. The Kier molecular flexibility index (Phi) is 6.90. The van der Waals surface area contributed by atoms with Crippen LogP contribution in [0.15, 0.2) is 29.3 Å². The monoisotopic (exact) mass is 405 g/mol. The van der Waals surface area contributed by atoms with Crippen LogP contribution < -0.4 is 11.1 Å². The molecule has 0 amide bonds. The van der Waals surface area contributed by atoms with Gasteiger partial charge in [-0.25, -0.2) is 4.39 Å². The van der Waals surface area contributed by atoms with Crippen molar-refractivity contribution >= 4 is 29.9 Å². The van der Waals surface area contributed by atoms with Crippen LogP contribution in [-0.4, -0.2) is 19.0 Å². The van der Waals surface area contributed by atoms with Crippen molar-refractivity contribution < 1.29 is 4.39 Å². The van der Waals surface area contributed by atoms with Gasteiger partial charge in [-0.2, -0.15) is 0 Å². The third kappa shape index (κ3) is 5.13. The fraction of sp³-hybridized carbons (Fsp3) is 0.562. The number of guanidine groups is 1. The van der Waals surface area contributed by atoms with Crippen LogP contribution in [0, 0.1) is 11.7 Å². The van der Waals surface area contributed by atoms with Crippen LogP contribution in [-0.2, 0) is 5.41 Å². The lowest BCUT2D eigenvalue weighted by atomic mass is 9.84. The van der Waals surface area contributed by atoms with Crippen molar-refractivity contribution in [1.82, 2.24) is 5.32 Å². The zero-order chi connectivity index (χ0) is 14.6. The van der Waals surface area contributed by atoms with Crippen molar-refractivity contribution in [2.24, 2.45) is 16.6 Å². The van der Waals surface area contributed by atoms with Crippen LogP contribution in [0.5, 0.6) is 0 Å². The predicted octanol–water partition coefficient (Wildman–Crippen LogP) is 3.43. The van der Waals surface area contributed by atoms with Crippen molar-refractivity contribution in [1.29, 1.82) is 0 Å². The molecule has 0 aromatic heterocycles. The first-order valence-corrected chi connectivity index (χ1v) is 7.28. The minimum absolute atomic E-state index is 0. The smallest absolute Gasteiger partial charge is 0.188 e. The summed E-state index contributed by atoms with van der Waals surface area (Å²) in [4.78, 5) is 4.36. The van der Waals surface area contributed by atoms with Crippen LogP contribution in [0.4, 0.5) is 4.39 Å². The maximum Gasteiger partial charge on any atom is 0.188 e. The van der Waals surface area contributed by atoms with E-state index < -0.39 is 0 Å². The Morgan fingerprint density at radius 3 is 2.62 bits per heavy atom. The first-order valence-electron chi connectivity index (χ1n) is 7.28. The highest BCUT2D eigenvalue weighted by Gasteiger charge is 2.23. The molecule has 1 saturated carbocycles. The summed E-state index contributed by atoms with van der Waals surface area (Å²) in [6, 6.07) is 6.84. The Hall–Kier alpha value is -0.850. The van der Waals surface area contributed by atoms with Crippen LogP contribution in [0.2, 0.25) is 0 Å². The van der Waals surface area contributed by atoms with E-state index in [2.05, 4.69) is 10.3 Å². The fourth-order valence-electron chi connectivity index (χ4n) is 2.38. The lowest BCUT2D eigenvalue weighted by molar-refractivity contribution is 0.315. The van der Waals surface area contributed by atoms with Gasteiger partial charge in [-0.05, 0) is 30.4 Å². The van der Waals surface area contributed by atoms with Crippen molar-refractivity contribution in [3.63, 3.8) is 0 Å². The number of hydrogen-bond acceptors (Lipinski definition) is 1. The summed E-state index contributed by atoms with van der Waals surface area (Å²) in [5.74, 6) is 1.01. The highest BCUT2D eigenvalue weighted by Crippen LogP contribution is 2.26. The molecule has 1 aliphatic carbocycles. The van der Waals surface area contributed by atoms with Gasteiger partial charge in [0.05, 0.1) is 6.54 Å². The molecule has 3 nitrogen and oxygen atoms in total. The molecular formula is C16H25FIN3. The molecule has 3 N–H and O–H groups in total.